The van der Waals surface area contributed by atoms with Crippen molar-refractivity contribution >= 4 is 17.5 Å². The molecule has 2 aromatic rings. The van der Waals surface area contributed by atoms with E-state index in [9.17, 15) is 18.4 Å². The van der Waals surface area contributed by atoms with Crippen molar-refractivity contribution in [2.24, 2.45) is 5.92 Å². The van der Waals surface area contributed by atoms with Crippen LogP contribution in [-0.2, 0) is 9.59 Å². The maximum atomic E-state index is 13.9. The fourth-order valence-electron chi connectivity index (χ4n) is 3.25. The van der Waals surface area contributed by atoms with Gasteiger partial charge in [0.2, 0.25) is 11.8 Å². The van der Waals surface area contributed by atoms with E-state index >= 15 is 0 Å². The number of anilines is 1. The number of hydrogen-bond acceptors (Lipinski definition) is 2. The third kappa shape index (κ3) is 2.99. The monoisotopic (exact) mass is 342 g/mol. The van der Waals surface area contributed by atoms with E-state index in [1.54, 1.807) is 12.1 Å². The fourth-order valence-corrected chi connectivity index (χ4v) is 3.25. The molecule has 128 valence electrons. The highest BCUT2D eigenvalue weighted by molar-refractivity contribution is 5.97. The first-order chi connectivity index (χ1) is 12.0. The highest BCUT2D eigenvalue weighted by Crippen LogP contribution is 2.40. The molecule has 0 bridgehead atoms. The van der Waals surface area contributed by atoms with Crippen molar-refractivity contribution in [1.29, 1.82) is 0 Å². The van der Waals surface area contributed by atoms with Crippen LogP contribution in [0.15, 0.2) is 42.5 Å². The molecule has 6 heteroatoms. The van der Waals surface area contributed by atoms with Crippen LogP contribution in [-0.4, -0.2) is 23.3 Å². The molecule has 4 rings (SSSR count). The van der Waals surface area contributed by atoms with Gasteiger partial charge in [-0.1, -0.05) is 12.1 Å². The van der Waals surface area contributed by atoms with Crippen LogP contribution < -0.4 is 5.32 Å². The Hall–Kier alpha value is -2.76. The van der Waals surface area contributed by atoms with E-state index in [4.69, 9.17) is 0 Å². The van der Waals surface area contributed by atoms with Crippen LogP contribution in [0.25, 0.3) is 0 Å². The lowest BCUT2D eigenvalue weighted by Gasteiger charge is -2.30. The van der Waals surface area contributed by atoms with Gasteiger partial charge in [0.1, 0.15) is 18.2 Å². The molecule has 0 saturated heterocycles. The van der Waals surface area contributed by atoms with Crippen LogP contribution in [0.1, 0.15) is 30.0 Å². The average Bonchev–Trinajstić information content (AvgIpc) is 3.42. The first-order valence-corrected chi connectivity index (χ1v) is 8.18. The van der Waals surface area contributed by atoms with Crippen LogP contribution >= 0.6 is 0 Å². The number of halogens is 2. The zero-order valence-corrected chi connectivity index (χ0v) is 13.3. The van der Waals surface area contributed by atoms with Gasteiger partial charge in [0, 0.05) is 17.2 Å². The van der Waals surface area contributed by atoms with Crippen LogP contribution in [0, 0.1) is 17.6 Å². The first kappa shape index (κ1) is 15.7. The topological polar surface area (TPSA) is 49.4 Å². The van der Waals surface area contributed by atoms with E-state index in [0.717, 1.165) is 12.8 Å². The summed E-state index contributed by atoms with van der Waals surface area (Å²) in [5.41, 5.74) is 1.59. The number of benzene rings is 2. The Labute approximate surface area is 143 Å². The summed E-state index contributed by atoms with van der Waals surface area (Å²) >= 11 is 0. The van der Waals surface area contributed by atoms with Gasteiger partial charge in [0.25, 0.3) is 0 Å². The van der Waals surface area contributed by atoms with Gasteiger partial charge in [-0.3, -0.25) is 9.59 Å². The molecule has 1 unspecified atom stereocenters. The summed E-state index contributed by atoms with van der Waals surface area (Å²) < 4.78 is 27.2. The van der Waals surface area contributed by atoms with Crippen molar-refractivity contribution in [1.82, 2.24) is 4.90 Å². The summed E-state index contributed by atoms with van der Waals surface area (Å²) in [5, 5.41) is 2.73. The third-order valence-corrected chi connectivity index (χ3v) is 4.60. The number of carbonyl (C=O) groups is 2. The minimum Gasteiger partial charge on any atom is -0.324 e. The number of rotatable bonds is 2. The maximum absolute atomic E-state index is 13.9. The largest absolute Gasteiger partial charge is 0.324 e. The van der Waals surface area contributed by atoms with E-state index in [1.807, 2.05) is 0 Å². The summed E-state index contributed by atoms with van der Waals surface area (Å²) in [4.78, 5) is 26.5. The second kappa shape index (κ2) is 5.95. The minimum absolute atomic E-state index is 0.0918. The Morgan fingerprint density at radius 3 is 2.40 bits per heavy atom. The normalized spacial score (nSPS) is 19.8. The first-order valence-electron chi connectivity index (χ1n) is 8.18. The molecule has 0 aromatic heterocycles. The number of amides is 2. The van der Waals surface area contributed by atoms with Crippen molar-refractivity contribution in [3.8, 4) is 0 Å². The summed E-state index contributed by atoms with van der Waals surface area (Å²) in [6.07, 6.45) is 1.59. The van der Waals surface area contributed by atoms with Crippen LogP contribution in [0.4, 0.5) is 14.5 Å². The molecule has 1 saturated carbocycles. The highest BCUT2D eigenvalue weighted by atomic mass is 19.1. The molecular formula is C19H16F2N2O2. The van der Waals surface area contributed by atoms with Gasteiger partial charge in [-0.2, -0.15) is 0 Å². The second-order valence-electron chi connectivity index (χ2n) is 6.47. The Kier molecular flexibility index (Phi) is 3.75. The zero-order valence-electron chi connectivity index (χ0n) is 13.3. The SMILES string of the molecule is O=C1CN(C(=O)C2CC2)C(c2ccc(F)cc2)c2cc(F)ccc2N1. The van der Waals surface area contributed by atoms with Crippen molar-refractivity contribution < 1.29 is 18.4 Å². The molecular weight excluding hydrogens is 326 g/mol. The lowest BCUT2D eigenvalue weighted by molar-refractivity contribution is -0.137. The Balaban J connectivity index is 1.88. The Morgan fingerprint density at radius 2 is 1.72 bits per heavy atom. The fraction of sp³-hybridized carbons (Fsp3) is 0.263. The van der Waals surface area contributed by atoms with Gasteiger partial charge in [0.15, 0.2) is 0 Å². The summed E-state index contributed by atoms with van der Waals surface area (Å²) in [7, 11) is 0. The van der Waals surface area contributed by atoms with Gasteiger partial charge < -0.3 is 10.2 Å². The summed E-state index contributed by atoms with van der Waals surface area (Å²) in [6, 6.07) is 9.17. The minimum atomic E-state index is -0.640. The standard InChI is InChI=1S/C19H16F2N2O2/c20-13-5-3-11(4-6-13)18-15-9-14(21)7-8-16(15)22-17(24)10-23(18)19(25)12-1-2-12/h3-9,12,18H,1-2,10H2,(H,22,24). The van der Waals surface area contributed by atoms with Crippen molar-refractivity contribution in [3.63, 3.8) is 0 Å². The number of carbonyl (C=O) groups excluding carboxylic acids is 2. The molecule has 1 atom stereocenters. The highest BCUT2D eigenvalue weighted by Gasteiger charge is 2.40. The van der Waals surface area contributed by atoms with E-state index in [1.165, 1.54) is 35.2 Å². The smallest absolute Gasteiger partial charge is 0.244 e. The predicted molar refractivity (Wildman–Crippen MR) is 87.7 cm³/mol. The van der Waals surface area contributed by atoms with Crippen LogP contribution in [0.3, 0.4) is 0 Å². The van der Waals surface area contributed by atoms with Crippen LogP contribution in [0.5, 0.6) is 0 Å². The summed E-state index contributed by atoms with van der Waals surface area (Å²) in [5.74, 6) is -1.40. The van der Waals surface area contributed by atoms with Gasteiger partial charge >= 0.3 is 0 Å². The number of nitrogens with one attached hydrogen (secondary N) is 1. The number of hydrogen-bond donors (Lipinski definition) is 1. The molecule has 1 fully saturated rings. The van der Waals surface area contributed by atoms with Crippen LogP contribution in [0.2, 0.25) is 0 Å². The molecule has 0 radical (unpaired) electrons. The quantitative estimate of drug-likeness (QED) is 0.911. The lowest BCUT2D eigenvalue weighted by atomic mass is 9.95. The predicted octanol–water partition coefficient (Wildman–Crippen LogP) is 3.24. The molecule has 1 heterocycles. The lowest BCUT2D eigenvalue weighted by Crippen LogP contribution is -2.39. The molecule has 0 spiro atoms. The van der Waals surface area contributed by atoms with Gasteiger partial charge in [-0.25, -0.2) is 8.78 Å². The molecule has 1 aliphatic heterocycles. The number of nitrogens with zero attached hydrogens (tertiary/aromatic N) is 1. The zero-order chi connectivity index (χ0) is 17.6. The molecule has 1 N–H and O–H groups in total. The van der Waals surface area contributed by atoms with Gasteiger partial charge in [-0.15, -0.1) is 0 Å². The molecule has 2 aliphatic rings. The third-order valence-electron chi connectivity index (χ3n) is 4.60. The van der Waals surface area contributed by atoms with E-state index in [-0.39, 0.29) is 24.3 Å². The second-order valence-corrected chi connectivity index (χ2v) is 6.47. The van der Waals surface area contributed by atoms with E-state index < -0.39 is 17.7 Å². The van der Waals surface area contributed by atoms with Crippen molar-refractivity contribution in [3.05, 3.63) is 65.2 Å². The molecule has 25 heavy (non-hydrogen) atoms. The van der Waals surface area contributed by atoms with Crippen molar-refractivity contribution in [2.45, 2.75) is 18.9 Å². The summed E-state index contributed by atoms with van der Waals surface area (Å²) in [6.45, 7) is -0.117. The molecule has 2 amide bonds. The van der Waals surface area contributed by atoms with Crippen molar-refractivity contribution in [2.75, 3.05) is 11.9 Å². The average molecular weight is 342 g/mol. The van der Waals surface area contributed by atoms with E-state index in [2.05, 4.69) is 5.32 Å². The van der Waals surface area contributed by atoms with E-state index in [0.29, 0.717) is 16.8 Å². The molecule has 4 nitrogen and oxygen atoms in total. The van der Waals surface area contributed by atoms with Gasteiger partial charge in [0.05, 0.1) is 6.04 Å². The Morgan fingerprint density at radius 1 is 1.04 bits per heavy atom. The Bertz CT molecular complexity index is 847. The molecule has 2 aromatic carbocycles. The maximum Gasteiger partial charge on any atom is 0.244 e. The molecule has 1 aliphatic carbocycles. The van der Waals surface area contributed by atoms with Gasteiger partial charge in [-0.05, 0) is 48.7 Å². The number of fused-ring (bicyclic) bond motifs is 1.